The second-order valence-electron chi connectivity index (χ2n) is 7.04. The van der Waals surface area contributed by atoms with Gasteiger partial charge in [-0.05, 0) is 36.8 Å². The summed E-state index contributed by atoms with van der Waals surface area (Å²) in [4.78, 5) is 38.4. The number of benzene rings is 1. The Hall–Kier alpha value is -3.46. The zero-order valence-electron chi connectivity index (χ0n) is 16.1. The number of rotatable bonds is 6. The number of carbonyl (C=O) groups is 3. The van der Waals surface area contributed by atoms with Crippen LogP contribution in [0.4, 0.5) is 4.79 Å². The average molecular weight is 427 g/mol. The van der Waals surface area contributed by atoms with Gasteiger partial charge in [-0.15, -0.1) is 10.2 Å². The summed E-state index contributed by atoms with van der Waals surface area (Å²) in [5, 5.41) is 14.1. The summed E-state index contributed by atoms with van der Waals surface area (Å²) in [5.74, 6) is -0.252. The largest absolute Gasteiger partial charge is 0.346 e. The summed E-state index contributed by atoms with van der Waals surface area (Å²) in [6.45, 7) is 1.87. The van der Waals surface area contributed by atoms with E-state index >= 15 is 0 Å². The van der Waals surface area contributed by atoms with Crippen molar-refractivity contribution < 1.29 is 14.4 Å². The Bertz CT molecular complexity index is 1130. The molecular formula is C20H19ClN6O3. The number of amides is 4. The first-order valence-electron chi connectivity index (χ1n) is 9.37. The van der Waals surface area contributed by atoms with Crippen LogP contribution in [0.3, 0.4) is 0 Å². The lowest BCUT2D eigenvalue weighted by Gasteiger charge is -2.15. The molecule has 3 heterocycles. The van der Waals surface area contributed by atoms with Gasteiger partial charge in [0.25, 0.3) is 5.91 Å². The van der Waals surface area contributed by atoms with E-state index in [2.05, 4.69) is 20.8 Å². The Labute approximate surface area is 177 Å². The summed E-state index contributed by atoms with van der Waals surface area (Å²) in [6, 6.07) is 10.5. The van der Waals surface area contributed by atoms with Gasteiger partial charge < -0.3 is 10.6 Å². The second-order valence-corrected chi connectivity index (χ2v) is 7.47. The standard InChI is InChI=1S/C20H19ClN6O3/c1-12(18-25-24-16-7-2-3-8-26(16)18)22-17(28)10-15-19(29)27(20(30)23-15)11-13-5-4-6-14(21)9-13/h2-9,12,15H,10-11H2,1H3,(H,22,28)(H,23,30). The van der Waals surface area contributed by atoms with Gasteiger partial charge in [0.15, 0.2) is 11.5 Å². The van der Waals surface area contributed by atoms with Gasteiger partial charge in [0.2, 0.25) is 5.91 Å². The average Bonchev–Trinajstić information content (AvgIpc) is 3.25. The summed E-state index contributed by atoms with van der Waals surface area (Å²) in [7, 11) is 0. The maximum atomic E-state index is 12.6. The monoisotopic (exact) mass is 426 g/mol. The Kier molecular flexibility index (Phi) is 5.37. The zero-order chi connectivity index (χ0) is 21.3. The van der Waals surface area contributed by atoms with E-state index in [-0.39, 0.29) is 18.9 Å². The molecule has 0 bridgehead atoms. The second kappa shape index (κ2) is 8.11. The highest BCUT2D eigenvalue weighted by molar-refractivity contribution is 6.30. The van der Waals surface area contributed by atoms with Crippen molar-refractivity contribution in [1.82, 2.24) is 30.1 Å². The van der Waals surface area contributed by atoms with Crippen molar-refractivity contribution in [3.8, 4) is 0 Å². The van der Waals surface area contributed by atoms with Gasteiger partial charge in [-0.25, -0.2) is 4.79 Å². The minimum absolute atomic E-state index is 0.0888. The molecule has 1 fully saturated rings. The number of pyridine rings is 1. The van der Waals surface area contributed by atoms with E-state index in [0.717, 1.165) is 10.5 Å². The molecule has 4 amide bonds. The van der Waals surface area contributed by atoms with Crippen LogP contribution in [0.15, 0.2) is 48.7 Å². The van der Waals surface area contributed by atoms with Crippen LogP contribution >= 0.6 is 11.6 Å². The van der Waals surface area contributed by atoms with E-state index in [1.165, 1.54) is 0 Å². The third kappa shape index (κ3) is 3.97. The van der Waals surface area contributed by atoms with E-state index in [4.69, 9.17) is 11.6 Å². The van der Waals surface area contributed by atoms with E-state index in [1.807, 2.05) is 24.4 Å². The van der Waals surface area contributed by atoms with Crippen molar-refractivity contribution in [2.45, 2.75) is 32.0 Å². The molecular weight excluding hydrogens is 408 g/mol. The Morgan fingerprint density at radius 2 is 2.07 bits per heavy atom. The molecule has 2 unspecified atom stereocenters. The minimum atomic E-state index is -0.918. The lowest BCUT2D eigenvalue weighted by atomic mass is 10.1. The number of urea groups is 1. The van der Waals surface area contributed by atoms with Crippen LogP contribution in [0.5, 0.6) is 0 Å². The molecule has 4 rings (SSSR count). The van der Waals surface area contributed by atoms with Crippen LogP contribution in [-0.4, -0.2) is 43.4 Å². The maximum Gasteiger partial charge on any atom is 0.325 e. The van der Waals surface area contributed by atoms with Gasteiger partial charge >= 0.3 is 6.03 Å². The van der Waals surface area contributed by atoms with Crippen LogP contribution in [0.25, 0.3) is 5.65 Å². The molecule has 10 heteroatoms. The van der Waals surface area contributed by atoms with Gasteiger partial charge in [-0.2, -0.15) is 0 Å². The third-order valence-corrected chi connectivity index (χ3v) is 5.07. The Morgan fingerprint density at radius 3 is 2.87 bits per heavy atom. The van der Waals surface area contributed by atoms with E-state index in [1.54, 1.807) is 35.6 Å². The van der Waals surface area contributed by atoms with E-state index in [9.17, 15) is 14.4 Å². The number of halogens is 1. The SMILES string of the molecule is CC(NC(=O)CC1NC(=O)N(Cc2cccc(Cl)c2)C1=O)c1nnc2ccccn12. The van der Waals surface area contributed by atoms with Crippen molar-refractivity contribution in [3.05, 3.63) is 65.1 Å². The Balaban J connectivity index is 1.38. The number of nitrogens with zero attached hydrogens (tertiary/aromatic N) is 4. The minimum Gasteiger partial charge on any atom is -0.346 e. The lowest BCUT2D eigenvalue weighted by Crippen LogP contribution is -2.37. The quantitative estimate of drug-likeness (QED) is 0.586. The van der Waals surface area contributed by atoms with Gasteiger partial charge in [0.05, 0.1) is 19.0 Å². The summed E-state index contributed by atoms with van der Waals surface area (Å²) >= 11 is 5.96. The number of imide groups is 1. The highest BCUT2D eigenvalue weighted by atomic mass is 35.5. The van der Waals surface area contributed by atoms with Crippen LogP contribution in [0.1, 0.15) is 30.8 Å². The van der Waals surface area contributed by atoms with E-state index < -0.39 is 24.0 Å². The fourth-order valence-corrected chi connectivity index (χ4v) is 3.60. The Morgan fingerprint density at radius 1 is 1.23 bits per heavy atom. The molecule has 1 aromatic carbocycles. The normalized spacial score (nSPS) is 17.3. The fraction of sp³-hybridized carbons (Fsp3) is 0.250. The summed E-state index contributed by atoms with van der Waals surface area (Å²) in [6.07, 6.45) is 1.64. The zero-order valence-corrected chi connectivity index (χ0v) is 16.8. The first kappa shape index (κ1) is 19.8. The van der Waals surface area contributed by atoms with Crippen LogP contribution in [0, 0.1) is 0 Å². The van der Waals surface area contributed by atoms with Gasteiger partial charge in [0, 0.05) is 11.2 Å². The topological polar surface area (TPSA) is 109 Å². The van der Waals surface area contributed by atoms with Gasteiger partial charge in [-0.3, -0.25) is 18.9 Å². The molecule has 0 saturated carbocycles. The van der Waals surface area contributed by atoms with Crippen molar-refractivity contribution in [3.63, 3.8) is 0 Å². The molecule has 0 aliphatic carbocycles. The molecule has 2 aromatic heterocycles. The van der Waals surface area contributed by atoms with Crippen molar-refractivity contribution in [1.29, 1.82) is 0 Å². The number of hydrogen-bond donors (Lipinski definition) is 2. The number of aromatic nitrogens is 3. The fourth-order valence-electron chi connectivity index (χ4n) is 3.39. The molecule has 2 atom stereocenters. The number of fused-ring (bicyclic) bond motifs is 1. The summed E-state index contributed by atoms with van der Waals surface area (Å²) in [5.41, 5.74) is 1.40. The predicted molar refractivity (Wildman–Crippen MR) is 108 cm³/mol. The highest BCUT2D eigenvalue weighted by Crippen LogP contribution is 2.18. The number of hydrogen-bond acceptors (Lipinski definition) is 5. The van der Waals surface area contributed by atoms with Crippen LogP contribution < -0.4 is 10.6 Å². The molecule has 3 aromatic rings. The van der Waals surface area contributed by atoms with Crippen molar-refractivity contribution >= 4 is 35.1 Å². The lowest BCUT2D eigenvalue weighted by molar-refractivity contribution is -0.131. The first-order chi connectivity index (χ1) is 14.4. The molecule has 0 spiro atoms. The van der Waals surface area contributed by atoms with Crippen molar-refractivity contribution in [2.75, 3.05) is 0 Å². The van der Waals surface area contributed by atoms with Crippen LogP contribution in [0.2, 0.25) is 5.02 Å². The van der Waals surface area contributed by atoms with Crippen LogP contribution in [-0.2, 0) is 16.1 Å². The molecule has 0 radical (unpaired) electrons. The number of nitrogens with one attached hydrogen (secondary N) is 2. The first-order valence-corrected chi connectivity index (χ1v) is 9.75. The summed E-state index contributed by atoms with van der Waals surface area (Å²) < 4.78 is 1.78. The maximum absolute atomic E-state index is 12.6. The number of carbonyl (C=O) groups excluding carboxylic acids is 3. The molecule has 1 saturated heterocycles. The molecule has 2 N–H and O–H groups in total. The van der Waals surface area contributed by atoms with Crippen molar-refractivity contribution in [2.24, 2.45) is 0 Å². The molecule has 1 aliphatic rings. The highest BCUT2D eigenvalue weighted by Gasteiger charge is 2.39. The smallest absolute Gasteiger partial charge is 0.325 e. The van der Waals surface area contributed by atoms with E-state index in [0.29, 0.717) is 16.5 Å². The predicted octanol–water partition coefficient (Wildman–Crippen LogP) is 2.07. The molecule has 9 nitrogen and oxygen atoms in total. The van der Waals surface area contributed by atoms with Gasteiger partial charge in [-0.1, -0.05) is 29.8 Å². The molecule has 154 valence electrons. The third-order valence-electron chi connectivity index (χ3n) is 4.83. The molecule has 1 aliphatic heterocycles. The molecule has 30 heavy (non-hydrogen) atoms. The van der Waals surface area contributed by atoms with Gasteiger partial charge in [0.1, 0.15) is 6.04 Å².